The van der Waals surface area contributed by atoms with Crippen LogP contribution in [0.15, 0.2) is 48.5 Å². The van der Waals surface area contributed by atoms with E-state index in [1.54, 1.807) is 0 Å². The smallest absolute Gasteiger partial charge is 0.140 e. The first-order valence-electron chi connectivity index (χ1n) is 11.0. The highest BCUT2D eigenvalue weighted by Crippen LogP contribution is 2.27. The van der Waals surface area contributed by atoms with Gasteiger partial charge in [-0.2, -0.15) is 0 Å². The Labute approximate surface area is 173 Å². The molecule has 2 aromatic carbocycles. The van der Waals surface area contributed by atoms with Crippen molar-refractivity contribution in [2.45, 2.75) is 12.8 Å². The molecule has 29 heavy (non-hydrogen) atoms. The summed E-state index contributed by atoms with van der Waals surface area (Å²) in [6.45, 7) is 8.17. The molecule has 0 aliphatic carbocycles. The predicted octanol–water partition coefficient (Wildman–Crippen LogP) is 3.36. The lowest BCUT2D eigenvalue weighted by Crippen LogP contribution is -2.49. The Morgan fingerprint density at radius 1 is 1.03 bits per heavy atom. The second-order valence-corrected chi connectivity index (χ2v) is 8.53. The molecule has 5 heteroatoms. The Morgan fingerprint density at radius 3 is 2.69 bits per heavy atom. The Hall–Kier alpha value is -2.37. The van der Waals surface area contributed by atoms with E-state index in [1.165, 1.54) is 49.2 Å². The molecular weight excluding hydrogens is 358 g/mol. The van der Waals surface area contributed by atoms with Gasteiger partial charge in [0, 0.05) is 51.0 Å². The fraction of sp³-hybridized carbons (Fsp3) is 0.458. The lowest BCUT2D eigenvalue weighted by molar-refractivity contribution is 0.199. The van der Waals surface area contributed by atoms with E-state index in [2.05, 4.69) is 75.3 Å². The van der Waals surface area contributed by atoms with E-state index in [0.717, 1.165) is 43.4 Å². The van der Waals surface area contributed by atoms with E-state index in [1.807, 2.05) is 0 Å². The minimum Gasteiger partial charge on any atom is -0.369 e. The molecule has 0 saturated carbocycles. The quantitative estimate of drug-likeness (QED) is 0.742. The molecule has 1 unspecified atom stereocenters. The van der Waals surface area contributed by atoms with Crippen LogP contribution in [-0.2, 0) is 7.05 Å². The summed E-state index contributed by atoms with van der Waals surface area (Å²) in [6.07, 6.45) is 2.72. The van der Waals surface area contributed by atoms with Gasteiger partial charge in [-0.1, -0.05) is 24.3 Å². The van der Waals surface area contributed by atoms with Crippen molar-refractivity contribution in [3.63, 3.8) is 0 Å². The summed E-state index contributed by atoms with van der Waals surface area (Å²) >= 11 is 0. The topological polar surface area (TPSA) is 36.3 Å². The SMILES string of the molecule is Cn1c(-c2cccc(N3CCN(CC4CCCNC4)CC3)c2)nc2ccccc21. The van der Waals surface area contributed by atoms with Crippen LogP contribution in [0, 0.1) is 5.92 Å². The summed E-state index contributed by atoms with van der Waals surface area (Å²) in [7, 11) is 2.11. The number of fused-ring (bicyclic) bond motifs is 1. The normalized spacial score (nSPS) is 21.0. The standard InChI is InChI=1S/C24H31N5/c1-27-23-10-3-2-9-22(23)26-24(27)20-7-4-8-21(16-20)29-14-12-28(13-15-29)18-19-6-5-11-25-17-19/h2-4,7-10,16,19,25H,5-6,11-15,17-18H2,1H3. The van der Waals surface area contributed by atoms with Crippen molar-refractivity contribution in [3.8, 4) is 11.4 Å². The number of piperidine rings is 1. The number of aryl methyl sites for hydroxylation is 1. The second kappa shape index (κ2) is 8.17. The molecule has 0 bridgehead atoms. The third-order valence-corrected chi connectivity index (χ3v) is 6.54. The number of benzene rings is 2. The average molecular weight is 390 g/mol. The molecule has 152 valence electrons. The second-order valence-electron chi connectivity index (χ2n) is 8.53. The van der Waals surface area contributed by atoms with Crippen molar-refractivity contribution in [2.75, 3.05) is 50.7 Å². The zero-order valence-electron chi connectivity index (χ0n) is 17.3. The maximum absolute atomic E-state index is 4.88. The van der Waals surface area contributed by atoms with E-state index in [-0.39, 0.29) is 0 Å². The van der Waals surface area contributed by atoms with Crippen molar-refractivity contribution in [2.24, 2.45) is 13.0 Å². The number of piperazine rings is 1. The number of nitrogens with zero attached hydrogens (tertiary/aromatic N) is 4. The zero-order valence-corrected chi connectivity index (χ0v) is 17.3. The molecule has 1 N–H and O–H groups in total. The maximum Gasteiger partial charge on any atom is 0.140 e. The van der Waals surface area contributed by atoms with Crippen LogP contribution in [-0.4, -0.2) is 60.3 Å². The summed E-state index contributed by atoms with van der Waals surface area (Å²) in [4.78, 5) is 10.1. The van der Waals surface area contributed by atoms with Gasteiger partial charge in [-0.05, 0) is 56.1 Å². The lowest BCUT2D eigenvalue weighted by atomic mass is 9.99. The molecule has 0 spiro atoms. The molecule has 2 aliphatic heterocycles. The minimum atomic E-state index is 0.830. The number of rotatable bonds is 4. The molecule has 1 aromatic heterocycles. The number of hydrogen-bond acceptors (Lipinski definition) is 4. The zero-order chi connectivity index (χ0) is 19.6. The summed E-state index contributed by atoms with van der Waals surface area (Å²) in [5.74, 6) is 1.87. The molecule has 2 aliphatic rings. The highest BCUT2D eigenvalue weighted by molar-refractivity contribution is 5.81. The van der Waals surface area contributed by atoms with Crippen molar-refractivity contribution in [3.05, 3.63) is 48.5 Å². The van der Waals surface area contributed by atoms with Crippen LogP contribution in [0.25, 0.3) is 22.4 Å². The van der Waals surface area contributed by atoms with Gasteiger partial charge in [-0.15, -0.1) is 0 Å². The minimum absolute atomic E-state index is 0.830. The highest BCUT2D eigenvalue weighted by Gasteiger charge is 2.22. The molecule has 3 aromatic rings. The predicted molar refractivity (Wildman–Crippen MR) is 120 cm³/mol. The fourth-order valence-electron chi connectivity index (χ4n) is 4.88. The van der Waals surface area contributed by atoms with Crippen LogP contribution in [0.3, 0.4) is 0 Å². The maximum atomic E-state index is 4.88. The van der Waals surface area contributed by atoms with Crippen molar-refractivity contribution in [1.82, 2.24) is 19.8 Å². The van der Waals surface area contributed by atoms with E-state index < -0.39 is 0 Å². The van der Waals surface area contributed by atoms with Gasteiger partial charge >= 0.3 is 0 Å². The number of nitrogens with one attached hydrogen (secondary N) is 1. The van der Waals surface area contributed by atoms with Crippen LogP contribution in [0.1, 0.15) is 12.8 Å². The Bertz CT molecular complexity index is 964. The molecular formula is C24H31N5. The van der Waals surface area contributed by atoms with Crippen LogP contribution in [0.2, 0.25) is 0 Å². The first kappa shape index (κ1) is 18.6. The first-order valence-corrected chi connectivity index (χ1v) is 11.0. The highest BCUT2D eigenvalue weighted by atomic mass is 15.3. The Balaban J connectivity index is 1.28. The van der Waals surface area contributed by atoms with Crippen LogP contribution < -0.4 is 10.2 Å². The van der Waals surface area contributed by atoms with Crippen LogP contribution in [0.5, 0.6) is 0 Å². The molecule has 5 rings (SSSR count). The van der Waals surface area contributed by atoms with Gasteiger partial charge in [0.1, 0.15) is 5.82 Å². The number of aromatic nitrogens is 2. The van der Waals surface area contributed by atoms with Crippen molar-refractivity contribution >= 4 is 16.7 Å². The summed E-state index contributed by atoms with van der Waals surface area (Å²) in [5.41, 5.74) is 4.74. The van der Waals surface area contributed by atoms with E-state index >= 15 is 0 Å². The van der Waals surface area contributed by atoms with E-state index in [4.69, 9.17) is 4.98 Å². The van der Waals surface area contributed by atoms with Gasteiger partial charge < -0.3 is 14.8 Å². The largest absolute Gasteiger partial charge is 0.369 e. The third-order valence-electron chi connectivity index (χ3n) is 6.54. The van der Waals surface area contributed by atoms with Crippen molar-refractivity contribution < 1.29 is 0 Å². The Morgan fingerprint density at radius 2 is 1.90 bits per heavy atom. The Kier molecular flexibility index (Phi) is 5.25. The molecule has 0 radical (unpaired) electrons. The van der Waals surface area contributed by atoms with E-state index in [0.29, 0.717) is 0 Å². The third kappa shape index (κ3) is 3.89. The van der Waals surface area contributed by atoms with Gasteiger partial charge in [-0.3, -0.25) is 4.90 Å². The molecule has 0 amide bonds. The molecule has 3 heterocycles. The lowest BCUT2D eigenvalue weighted by Gasteiger charge is -2.38. The molecule has 1 atom stereocenters. The number of anilines is 1. The van der Waals surface area contributed by atoms with Gasteiger partial charge in [-0.25, -0.2) is 4.98 Å². The van der Waals surface area contributed by atoms with Crippen molar-refractivity contribution in [1.29, 1.82) is 0 Å². The number of para-hydroxylation sites is 2. The summed E-state index contributed by atoms with van der Waals surface area (Å²) < 4.78 is 2.20. The van der Waals surface area contributed by atoms with Crippen LogP contribution >= 0.6 is 0 Å². The molecule has 5 nitrogen and oxygen atoms in total. The van der Waals surface area contributed by atoms with Crippen LogP contribution in [0.4, 0.5) is 5.69 Å². The summed E-state index contributed by atoms with van der Waals surface area (Å²) in [5, 5.41) is 3.55. The molecule has 2 fully saturated rings. The fourth-order valence-corrected chi connectivity index (χ4v) is 4.88. The molecule has 2 saturated heterocycles. The van der Waals surface area contributed by atoms with Gasteiger partial charge in [0.2, 0.25) is 0 Å². The number of imidazole rings is 1. The van der Waals surface area contributed by atoms with Gasteiger partial charge in [0.05, 0.1) is 11.0 Å². The summed E-state index contributed by atoms with van der Waals surface area (Å²) in [6, 6.07) is 17.3. The average Bonchev–Trinajstić information content (AvgIpc) is 3.12. The first-order chi connectivity index (χ1) is 14.3. The van der Waals surface area contributed by atoms with Gasteiger partial charge in [0.15, 0.2) is 0 Å². The monoisotopic (exact) mass is 389 g/mol. The van der Waals surface area contributed by atoms with E-state index in [9.17, 15) is 0 Å². The number of hydrogen-bond donors (Lipinski definition) is 1. The van der Waals surface area contributed by atoms with Gasteiger partial charge in [0.25, 0.3) is 0 Å².